The number of benzene rings is 1. The third-order valence-electron chi connectivity index (χ3n) is 2.21. The number of H-pyrrole nitrogens is 1. The second-order valence-corrected chi connectivity index (χ2v) is 4.35. The summed E-state index contributed by atoms with van der Waals surface area (Å²) in [6.45, 7) is 0. The largest absolute Gasteiger partial charge is 0.384 e. The summed E-state index contributed by atoms with van der Waals surface area (Å²) in [6, 6.07) is 3.14. The van der Waals surface area contributed by atoms with Crippen LogP contribution in [-0.2, 0) is 0 Å². The number of alkyl halides is 1. The minimum absolute atomic E-state index is 0.199. The highest BCUT2D eigenvalue weighted by Crippen LogP contribution is 2.23. The van der Waals surface area contributed by atoms with Crippen LogP contribution in [0.5, 0.6) is 0 Å². The third kappa shape index (κ3) is 1.98. The molecule has 1 atom stereocenters. The Hall–Kier alpha value is -0.910. The van der Waals surface area contributed by atoms with Crippen LogP contribution in [0.4, 0.5) is 0 Å². The molecule has 2 rings (SSSR count). The smallest absolute Gasteiger partial charge is 0.192 e. The normalized spacial score (nSPS) is 12.9. The molecule has 0 fully saturated rings. The van der Waals surface area contributed by atoms with Gasteiger partial charge in [0.25, 0.3) is 0 Å². The Morgan fingerprint density at radius 2 is 2.38 bits per heavy atom. The molecular formula is C10H8BrClN2O2. The Morgan fingerprint density at radius 1 is 1.62 bits per heavy atom. The second-order valence-electron chi connectivity index (χ2n) is 3.29. The van der Waals surface area contributed by atoms with Crippen LogP contribution in [0.3, 0.4) is 0 Å². The molecule has 4 nitrogen and oxygen atoms in total. The number of carbonyl (C=O) groups excluding carboxylic acids is 1. The van der Waals surface area contributed by atoms with Crippen LogP contribution < -0.4 is 0 Å². The number of aliphatic hydroxyl groups is 1. The van der Waals surface area contributed by atoms with Gasteiger partial charge in [-0.25, -0.2) is 4.98 Å². The fourth-order valence-electron chi connectivity index (χ4n) is 1.41. The highest BCUT2D eigenvalue weighted by Gasteiger charge is 2.17. The summed E-state index contributed by atoms with van der Waals surface area (Å²) in [5.41, 5.74) is 1.66. The van der Waals surface area contributed by atoms with Gasteiger partial charge in [0.15, 0.2) is 5.78 Å². The van der Waals surface area contributed by atoms with E-state index in [1.54, 1.807) is 6.07 Å². The van der Waals surface area contributed by atoms with Gasteiger partial charge < -0.3 is 10.1 Å². The molecule has 0 saturated heterocycles. The topological polar surface area (TPSA) is 66.0 Å². The maximum absolute atomic E-state index is 11.7. The molecule has 0 saturated carbocycles. The van der Waals surface area contributed by atoms with Crippen molar-refractivity contribution in [3.8, 4) is 0 Å². The number of rotatable bonds is 3. The number of aliphatic hydroxyl groups excluding tert-OH is 1. The highest BCUT2D eigenvalue weighted by atomic mass is 79.9. The molecule has 84 valence electrons. The number of hydrogen-bond donors (Lipinski definition) is 2. The van der Waals surface area contributed by atoms with Crippen molar-refractivity contribution in [2.24, 2.45) is 0 Å². The van der Waals surface area contributed by atoms with Crippen LogP contribution in [0.2, 0.25) is 5.02 Å². The molecule has 1 aromatic carbocycles. The number of carbonyl (C=O) groups is 1. The zero-order valence-electron chi connectivity index (χ0n) is 8.08. The molecule has 0 bridgehead atoms. The lowest BCUT2D eigenvalue weighted by Crippen LogP contribution is -2.21. The van der Waals surface area contributed by atoms with Gasteiger partial charge in [0, 0.05) is 10.9 Å². The fourth-order valence-corrected chi connectivity index (χ4v) is 1.97. The van der Waals surface area contributed by atoms with E-state index in [0.29, 0.717) is 21.6 Å². The van der Waals surface area contributed by atoms with E-state index in [2.05, 4.69) is 25.9 Å². The van der Waals surface area contributed by atoms with Crippen molar-refractivity contribution in [1.29, 1.82) is 0 Å². The molecular weight excluding hydrogens is 295 g/mol. The number of hydrogen-bond acceptors (Lipinski definition) is 3. The van der Waals surface area contributed by atoms with Crippen molar-refractivity contribution < 1.29 is 9.90 Å². The molecule has 16 heavy (non-hydrogen) atoms. The van der Waals surface area contributed by atoms with Gasteiger partial charge in [0.05, 0.1) is 16.9 Å². The Morgan fingerprint density at radius 3 is 3.06 bits per heavy atom. The monoisotopic (exact) mass is 302 g/mol. The number of halogens is 2. The lowest BCUT2D eigenvalue weighted by Gasteiger charge is -2.06. The summed E-state index contributed by atoms with van der Waals surface area (Å²) in [7, 11) is 0. The SMILES string of the molecule is O=C(c1cc(Cl)c2nc[nH]c2c1)C(O)CBr. The van der Waals surface area contributed by atoms with Gasteiger partial charge in [0.1, 0.15) is 11.6 Å². The van der Waals surface area contributed by atoms with Crippen LogP contribution in [0.1, 0.15) is 10.4 Å². The first-order valence-electron chi connectivity index (χ1n) is 4.54. The van der Waals surface area contributed by atoms with Crippen LogP contribution in [0.25, 0.3) is 11.0 Å². The molecule has 6 heteroatoms. The number of ketones is 1. The Labute approximate surface area is 105 Å². The van der Waals surface area contributed by atoms with E-state index in [1.807, 2.05) is 0 Å². The lowest BCUT2D eigenvalue weighted by molar-refractivity contribution is 0.0789. The van der Waals surface area contributed by atoms with Crippen molar-refractivity contribution in [3.63, 3.8) is 0 Å². The fraction of sp³-hybridized carbons (Fsp3) is 0.200. The van der Waals surface area contributed by atoms with Crippen LogP contribution >= 0.6 is 27.5 Å². The summed E-state index contributed by atoms with van der Waals surface area (Å²) < 4.78 is 0. The zero-order valence-corrected chi connectivity index (χ0v) is 10.4. The standard InChI is InChI=1S/C10H8BrClN2O2/c11-3-8(15)10(16)5-1-6(12)9-7(2-5)13-4-14-9/h1-2,4,8,15H,3H2,(H,13,14). The summed E-state index contributed by atoms with van der Waals surface area (Å²) in [6.07, 6.45) is 0.447. The van der Waals surface area contributed by atoms with E-state index < -0.39 is 6.10 Å². The number of imidazole rings is 1. The second kappa shape index (κ2) is 4.53. The number of nitrogens with zero attached hydrogens (tertiary/aromatic N) is 1. The van der Waals surface area contributed by atoms with Gasteiger partial charge in [-0.1, -0.05) is 27.5 Å². The van der Waals surface area contributed by atoms with Crippen LogP contribution in [-0.4, -0.2) is 32.3 Å². The average molecular weight is 304 g/mol. The van der Waals surface area contributed by atoms with Gasteiger partial charge in [-0.2, -0.15) is 0 Å². The molecule has 0 aliphatic rings. The minimum Gasteiger partial charge on any atom is -0.384 e. The van der Waals surface area contributed by atoms with E-state index in [-0.39, 0.29) is 11.1 Å². The molecule has 1 heterocycles. The van der Waals surface area contributed by atoms with Crippen molar-refractivity contribution in [1.82, 2.24) is 9.97 Å². The number of Topliss-reactive ketones (excluding diaryl/α,β-unsaturated/α-hetero) is 1. The van der Waals surface area contributed by atoms with E-state index in [0.717, 1.165) is 0 Å². The zero-order chi connectivity index (χ0) is 11.7. The molecule has 1 unspecified atom stereocenters. The third-order valence-corrected chi connectivity index (χ3v) is 3.11. The van der Waals surface area contributed by atoms with E-state index in [1.165, 1.54) is 12.4 Å². The summed E-state index contributed by atoms with van der Waals surface area (Å²) >= 11 is 9.02. The summed E-state index contributed by atoms with van der Waals surface area (Å²) in [5, 5.41) is 10.0. The number of fused-ring (bicyclic) bond motifs is 1. The summed E-state index contributed by atoms with van der Waals surface area (Å²) in [4.78, 5) is 18.6. The first kappa shape index (κ1) is 11.6. The highest BCUT2D eigenvalue weighted by molar-refractivity contribution is 9.09. The Balaban J connectivity index is 2.49. The number of aromatic nitrogens is 2. The molecule has 0 spiro atoms. The Bertz CT molecular complexity index is 541. The van der Waals surface area contributed by atoms with Gasteiger partial charge in [-0.15, -0.1) is 0 Å². The van der Waals surface area contributed by atoms with Crippen molar-refractivity contribution in [3.05, 3.63) is 29.0 Å². The van der Waals surface area contributed by atoms with Gasteiger partial charge in [-0.05, 0) is 12.1 Å². The van der Waals surface area contributed by atoms with Gasteiger partial charge >= 0.3 is 0 Å². The molecule has 0 amide bonds. The predicted octanol–water partition coefficient (Wildman–Crippen LogP) is 2.15. The molecule has 2 N–H and O–H groups in total. The molecule has 1 aromatic heterocycles. The van der Waals surface area contributed by atoms with Crippen LogP contribution in [0.15, 0.2) is 18.5 Å². The summed E-state index contributed by atoms with van der Waals surface area (Å²) in [5.74, 6) is -0.365. The number of aromatic amines is 1. The van der Waals surface area contributed by atoms with Crippen LogP contribution in [0, 0.1) is 0 Å². The van der Waals surface area contributed by atoms with E-state index in [4.69, 9.17) is 11.6 Å². The van der Waals surface area contributed by atoms with E-state index in [9.17, 15) is 9.90 Å². The molecule has 0 radical (unpaired) electrons. The minimum atomic E-state index is -1.06. The Kier molecular flexibility index (Phi) is 3.28. The molecule has 2 aromatic rings. The lowest BCUT2D eigenvalue weighted by atomic mass is 10.1. The molecule has 0 aliphatic heterocycles. The van der Waals surface area contributed by atoms with Crippen molar-refractivity contribution in [2.45, 2.75) is 6.10 Å². The quantitative estimate of drug-likeness (QED) is 0.674. The average Bonchev–Trinajstić information content (AvgIpc) is 2.75. The first-order valence-corrected chi connectivity index (χ1v) is 6.04. The van der Waals surface area contributed by atoms with Crippen molar-refractivity contribution in [2.75, 3.05) is 5.33 Å². The first-order chi connectivity index (χ1) is 7.63. The predicted molar refractivity (Wildman–Crippen MR) is 65.2 cm³/mol. The maximum Gasteiger partial charge on any atom is 0.192 e. The van der Waals surface area contributed by atoms with E-state index >= 15 is 0 Å². The van der Waals surface area contributed by atoms with Crippen molar-refractivity contribution >= 4 is 44.3 Å². The van der Waals surface area contributed by atoms with Gasteiger partial charge in [0.2, 0.25) is 0 Å². The van der Waals surface area contributed by atoms with Gasteiger partial charge in [-0.3, -0.25) is 4.79 Å². The maximum atomic E-state index is 11.7. The number of nitrogens with one attached hydrogen (secondary N) is 1. The molecule has 0 aliphatic carbocycles.